The molecule has 1 aliphatic heterocycles. The fourth-order valence-corrected chi connectivity index (χ4v) is 3.88. The number of imide groups is 1. The molecule has 0 bridgehead atoms. The molecule has 1 unspecified atom stereocenters. The molecule has 0 saturated carbocycles. The highest BCUT2D eigenvalue weighted by Gasteiger charge is 2.43. The van der Waals surface area contributed by atoms with Crippen LogP contribution in [-0.4, -0.2) is 38.7 Å². The van der Waals surface area contributed by atoms with E-state index in [0.717, 1.165) is 4.90 Å². The Hall–Kier alpha value is -3.52. The Kier molecular flexibility index (Phi) is 5.80. The van der Waals surface area contributed by atoms with Crippen LogP contribution >= 0.6 is 11.6 Å². The van der Waals surface area contributed by atoms with Crippen molar-refractivity contribution in [3.8, 4) is 0 Å². The summed E-state index contributed by atoms with van der Waals surface area (Å²) in [4.78, 5) is 58.8. The van der Waals surface area contributed by atoms with Gasteiger partial charge in [-0.1, -0.05) is 37.6 Å². The highest BCUT2D eigenvalue weighted by atomic mass is 35.5. The molecule has 3 aromatic rings. The molecule has 0 radical (unpaired) electrons. The third-order valence-corrected chi connectivity index (χ3v) is 5.41. The van der Waals surface area contributed by atoms with Crippen molar-refractivity contribution in [2.24, 2.45) is 5.92 Å². The Bertz CT molecular complexity index is 1270. The zero-order valence-electron chi connectivity index (χ0n) is 17.4. The van der Waals surface area contributed by atoms with Gasteiger partial charge in [0.1, 0.15) is 18.5 Å². The maximum absolute atomic E-state index is 13.0. The summed E-state index contributed by atoms with van der Waals surface area (Å²) < 4.78 is 5.38. The van der Waals surface area contributed by atoms with Crippen LogP contribution in [0.15, 0.2) is 47.3 Å². The van der Waals surface area contributed by atoms with Crippen LogP contribution in [0.2, 0.25) is 5.02 Å². The predicted molar refractivity (Wildman–Crippen MR) is 117 cm³/mol. The molecule has 0 spiro atoms. The van der Waals surface area contributed by atoms with E-state index in [2.05, 4.69) is 9.97 Å². The summed E-state index contributed by atoms with van der Waals surface area (Å²) in [5.41, 5.74) is 0.496. The van der Waals surface area contributed by atoms with Gasteiger partial charge in [0.2, 0.25) is 0 Å². The van der Waals surface area contributed by atoms with Crippen LogP contribution in [0.25, 0.3) is 10.9 Å². The van der Waals surface area contributed by atoms with E-state index in [0.29, 0.717) is 15.9 Å². The molecular formula is C23H20ClN3O5. The quantitative estimate of drug-likeness (QED) is 0.453. The van der Waals surface area contributed by atoms with E-state index < -0.39 is 29.4 Å². The molecule has 2 aromatic carbocycles. The van der Waals surface area contributed by atoms with E-state index in [9.17, 15) is 19.2 Å². The number of amides is 2. The number of benzene rings is 2. The van der Waals surface area contributed by atoms with Gasteiger partial charge in [-0.2, -0.15) is 0 Å². The first-order valence-electron chi connectivity index (χ1n) is 10.1. The third-order valence-electron chi connectivity index (χ3n) is 5.17. The van der Waals surface area contributed by atoms with Gasteiger partial charge >= 0.3 is 5.97 Å². The standard InChI is InChI=1S/C23H20ClN3O5/c1-12(2)9-18(27-21(29)14-5-3-4-6-15(14)22(27)30)23(31)32-11-19-25-17-10-13(24)7-8-16(17)20(28)26-19/h3-8,10,12,18H,9,11H2,1-2H3,(H,25,26,28). The second-order valence-electron chi connectivity index (χ2n) is 7.95. The zero-order valence-corrected chi connectivity index (χ0v) is 18.2. The number of carbonyl (C=O) groups is 3. The van der Waals surface area contributed by atoms with Gasteiger partial charge in [0.05, 0.1) is 22.0 Å². The van der Waals surface area contributed by atoms with Gasteiger partial charge < -0.3 is 9.72 Å². The molecule has 4 rings (SSSR count). The second-order valence-corrected chi connectivity index (χ2v) is 8.39. The maximum atomic E-state index is 13.0. The molecule has 0 saturated heterocycles. The molecule has 2 heterocycles. The number of rotatable bonds is 6. The fraction of sp³-hybridized carbons (Fsp3) is 0.261. The van der Waals surface area contributed by atoms with Gasteiger partial charge in [0.15, 0.2) is 0 Å². The van der Waals surface area contributed by atoms with Crippen molar-refractivity contribution in [1.82, 2.24) is 14.9 Å². The first-order valence-corrected chi connectivity index (χ1v) is 10.5. The van der Waals surface area contributed by atoms with E-state index in [1.807, 2.05) is 13.8 Å². The third kappa shape index (κ3) is 4.01. The number of carbonyl (C=O) groups excluding carboxylic acids is 3. The normalized spacial score (nSPS) is 14.2. The number of aromatic amines is 1. The summed E-state index contributed by atoms with van der Waals surface area (Å²) in [6.45, 7) is 3.43. The minimum absolute atomic E-state index is 0.0117. The zero-order chi connectivity index (χ0) is 23.0. The number of nitrogens with zero attached hydrogens (tertiary/aromatic N) is 2. The van der Waals surface area contributed by atoms with E-state index in [4.69, 9.17) is 16.3 Å². The lowest BCUT2D eigenvalue weighted by molar-refractivity contribution is -0.150. The summed E-state index contributed by atoms with van der Waals surface area (Å²) in [7, 11) is 0. The SMILES string of the molecule is CC(C)CC(C(=O)OCc1nc2cc(Cl)ccc2c(=O)[nH]1)N1C(=O)c2ccccc2C1=O. The predicted octanol–water partition coefficient (Wildman–Crippen LogP) is 3.33. The van der Waals surface area contributed by atoms with Gasteiger partial charge in [0, 0.05) is 5.02 Å². The van der Waals surface area contributed by atoms with Crippen molar-refractivity contribution in [3.63, 3.8) is 0 Å². The lowest BCUT2D eigenvalue weighted by Crippen LogP contribution is -2.46. The van der Waals surface area contributed by atoms with Crippen molar-refractivity contribution in [2.45, 2.75) is 32.9 Å². The van der Waals surface area contributed by atoms with Crippen molar-refractivity contribution >= 4 is 40.3 Å². The Labute approximate surface area is 188 Å². The Morgan fingerprint density at radius 3 is 2.38 bits per heavy atom. The van der Waals surface area contributed by atoms with Crippen LogP contribution < -0.4 is 5.56 Å². The molecule has 1 aliphatic rings. The van der Waals surface area contributed by atoms with E-state index >= 15 is 0 Å². The van der Waals surface area contributed by atoms with Gasteiger partial charge in [0.25, 0.3) is 17.4 Å². The van der Waals surface area contributed by atoms with Gasteiger partial charge in [-0.25, -0.2) is 9.78 Å². The lowest BCUT2D eigenvalue weighted by atomic mass is 10.0. The molecule has 164 valence electrons. The number of hydrogen-bond acceptors (Lipinski definition) is 6. The molecule has 1 N–H and O–H groups in total. The maximum Gasteiger partial charge on any atom is 0.329 e. The number of aromatic nitrogens is 2. The van der Waals surface area contributed by atoms with Crippen molar-refractivity contribution in [2.75, 3.05) is 0 Å². The summed E-state index contributed by atoms with van der Waals surface area (Å²) in [5, 5.41) is 0.773. The molecule has 2 amide bonds. The molecule has 0 fully saturated rings. The smallest absolute Gasteiger partial charge is 0.329 e. The fourth-order valence-electron chi connectivity index (χ4n) is 3.71. The number of halogens is 1. The van der Waals surface area contributed by atoms with Crippen LogP contribution in [0.5, 0.6) is 0 Å². The monoisotopic (exact) mass is 453 g/mol. The first kappa shape index (κ1) is 21.7. The van der Waals surface area contributed by atoms with Crippen molar-refractivity contribution < 1.29 is 19.1 Å². The van der Waals surface area contributed by atoms with Crippen LogP contribution in [0.4, 0.5) is 0 Å². The summed E-state index contributed by atoms with van der Waals surface area (Å²) in [6, 6.07) is 10.0. The highest BCUT2D eigenvalue weighted by molar-refractivity contribution is 6.31. The second kappa shape index (κ2) is 8.55. The molecule has 8 nitrogen and oxygen atoms in total. The topological polar surface area (TPSA) is 109 Å². The van der Waals surface area contributed by atoms with Crippen LogP contribution in [0, 0.1) is 5.92 Å². The van der Waals surface area contributed by atoms with Gasteiger partial charge in [-0.15, -0.1) is 0 Å². The Morgan fingerprint density at radius 1 is 1.09 bits per heavy atom. The van der Waals surface area contributed by atoms with E-state index in [1.165, 1.54) is 6.07 Å². The van der Waals surface area contributed by atoms with Crippen LogP contribution in [-0.2, 0) is 16.1 Å². The number of ether oxygens (including phenoxy) is 1. The number of H-pyrrole nitrogens is 1. The van der Waals surface area contributed by atoms with Crippen LogP contribution in [0.1, 0.15) is 46.8 Å². The number of nitrogens with one attached hydrogen (secondary N) is 1. The summed E-state index contributed by atoms with van der Waals surface area (Å²) in [5.74, 6) is -1.66. The van der Waals surface area contributed by atoms with Gasteiger partial charge in [-0.05, 0) is 42.7 Å². The highest BCUT2D eigenvalue weighted by Crippen LogP contribution is 2.27. The molecule has 1 aromatic heterocycles. The number of fused-ring (bicyclic) bond motifs is 2. The minimum Gasteiger partial charge on any atom is -0.456 e. The van der Waals surface area contributed by atoms with Crippen molar-refractivity contribution in [1.29, 1.82) is 0 Å². The average Bonchev–Trinajstić information content (AvgIpc) is 3.00. The number of hydrogen-bond donors (Lipinski definition) is 1. The summed E-state index contributed by atoms with van der Waals surface area (Å²) in [6.07, 6.45) is 0.238. The van der Waals surface area contributed by atoms with Gasteiger partial charge in [-0.3, -0.25) is 19.3 Å². The van der Waals surface area contributed by atoms with E-state index in [1.54, 1.807) is 36.4 Å². The molecule has 32 heavy (non-hydrogen) atoms. The molecule has 1 atom stereocenters. The number of esters is 1. The molecule has 9 heteroatoms. The Morgan fingerprint density at radius 2 is 1.75 bits per heavy atom. The molecule has 0 aliphatic carbocycles. The first-order chi connectivity index (χ1) is 15.3. The summed E-state index contributed by atoms with van der Waals surface area (Å²) >= 11 is 5.97. The van der Waals surface area contributed by atoms with E-state index in [-0.39, 0.29) is 35.9 Å². The lowest BCUT2D eigenvalue weighted by Gasteiger charge is -2.25. The largest absolute Gasteiger partial charge is 0.456 e. The average molecular weight is 454 g/mol. The van der Waals surface area contributed by atoms with Crippen LogP contribution in [0.3, 0.4) is 0 Å². The van der Waals surface area contributed by atoms with Crippen molar-refractivity contribution in [3.05, 3.63) is 74.8 Å². The molecular weight excluding hydrogens is 434 g/mol. The Balaban J connectivity index is 1.57. The minimum atomic E-state index is -1.09.